The van der Waals surface area contributed by atoms with Crippen LogP contribution >= 0.6 is 11.6 Å². The number of halogens is 2. The normalized spacial score (nSPS) is 10.7. The van der Waals surface area contributed by atoms with Crippen LogP contribution < -0.4 is 16.4 Å². The summed E-state index contributed by atoms with van der Waals surface area (Å²) in [4.78, 5) is 32.5. The summed E-state index contributed by atoms with van der Waals surface area (Å²) in [5.74, 6) is -1.13. The molecular weight excluding hydrogens is 433 g/mol. The molecule has 0 bridgehead atoms. The number of hydrogen-bond acceptors (Lipinski definition) is 5. The second-order valence-electron chi connectivity index (χ2n) is 6.93. The van der Waals surface area contributed by atoms with Crippen molar-refractivity contribution in [3.8, 4) is 0 Å². The molecule has 0 saturated carbocycles. The molecule has 0 saturated heterocycles. The second-order valence-corrected chi connectivity index (χ2v) is 7.33. The number of amides is 2. The predicted octanol–water partition coefficient (Wildman–Crippen LogP) is 4.39. The first kappa shape index (κ1) is 21.2. The Hall–Kier alpha value is -4.04. The minimum Gasteiger partial charge on any atom is -0.366 e. The lowest BCUT2D eigenvalue weighted by Crippen LogP contribution is -2.13. The average Bonchev–Trinajstić information content (AvgIpc) is 2.79. The van der Waals surface area contributed by atoms with E-state index in [-0.39, 0.29) is 10.6 Å². The Balaban J connectivity index is 1.50. The van der Waals surface area contributed by atoms with E-state index in [1.807, 2.05) is 6.07 Å². The number of aromatic nitrogens is 2. The third kappa shape index (κ3) is 4.50. The van der Waals surface area contributed by atoms with Gasteiger partial charge in [-0.3, -0.25) is 9.59 Å². The molecule has 4 rings (SSSR count). The van der Waals surface area contributed by atoms with Crippen LogP contribution in [0.1, 0.15) is 26.3 Å². The maximum absolute atomic E-state index is 13.6. The minimum absolute atomic E-state index is 0.0465. The second kappa shape index (κ2) is 8.99. The maximum Gasteiger partial charge on any atom is 0.255 e. The molecule has 1 heterocycles. The van der Waals surface area contributed by atoms with Crippen molar-refractivity contribution < 1.29 is 14.0 Å². The van der Waals surface area contributed by atoms with Gasteiger partial charge in [0.1, 0.15) is 18.0 Å². The Morgan fingerprint density at radius 1 is 1.03 bits per heavy atom. The van der Waals surface area contributed by atoms with Gasteiger partial charge in [0, 0.05) is 23.2 Å². The third-order valence-electron chi connectivity index (χ3n) is 4.76. The molecule has 0 fully saturated rings. The lowest BCUT2D eigenvalue weighted by atomic mass is 10.1. The number of nitrogens with one attached hydrogen (secondary N) is 2. The standard InChI is InChI=1S/C23H17ClFN5O2/c24-18-8-7-14(10-19(18)25)23(32)30-15-4-1-3-13(9-15)11-27-22-17-6-2-5-16(21(26)31)20(17)28-12-29-22/h1-10,12H,11H2,(H2,26,31)(H,30,32)(H,27,28,29). The number of hydrogen-bond donors (Lipinski definition) is 3. The van der Waals surface area contributed by atoms with E-state index in [1.165, 1.54) is 18.5 Å². The van der Waals surface area contributed by atoms with Crippen LogP contribution in [0.4, 0.5) is 15.9 Å². The van der Waals surface area contributed by atoms with Crippen LogP contribution in [0.3, 0.4) is 0 Å². The number of benzene rings is 3. The van der Waals surface area contributed by atoms with Gasteiger partial charge in [-0.15, -0.1) is 0 Å². The first-order valence-corrected chi connectivity index (χ1v) is 9.93. The Morgan fingerprint density at radius 3 is 2.62 bits per heavy atom. The van der Waals surface area contributed by atoms with Gasteiger partial charge in [0.05, 0.1) is 16.1 Å². The molecule has 0 aliphatic carbocycles. The summed E-state index contributed by atoms with van der Waals surface area (Å²) >= 11 is 5.67. The largest absolute Gasteiger partial charge is 0.366 e. The highest BCUT2D eigenvalue weighted by atomic mass is 35.5. The molecule has 0 unspecified atom stereocenters. The number of primary amides is 1. The molecule has 1 aromatic heterocycles. The molecule has 3 aromatic carbocycles. The summed E-state index contributed by atoms with van der Waals surface area (Å²) in [6.45, 7) is 0.395. The highest BCUT2D eigenvalue weighted by Gasteiger charge is 2.12. The van der Waals surface area contributed by atoms with Crippen molar-refractivity contribution in [3.63, 3.8) is 0 Å². The first-order valence-electron chi connectivity index (χ1n) is 9.55. The number of nitrogens with zero attached hydrogens (tertiary/aromatic N) is 2. The highest BCUT2D eigenvalue weighted by Crippen LogP contribution is 2.23. The Morgan fingerprint density at radius 2 is 1.84 bits per heavy atom. The van der Waals surface area contributed by atoms with Gasteiger partial charge in [-0.1, -0.05) is 29.8 Å². The van der Waals surface area contributed by atoms with E-state index in [0.29, 0.717) is 34.5 Å². The molecule has 2 amide bonds. The Kier molecular flexibility index (Phi) is 5.96. The number of anilines is 2. The summed E-state index contributed by atoms with van der Waals surface area (Å²) < 4.78 is 13.6. The van der Waals surface area contributed by atoms with Gasteiger partial charge >= 0.3 is 0 Å². The molecule has 0 aliphatic rings. The summed E-state index contributed by atoms with van der Waals surface area (Å²) in [7, 11) is 0. The Bertz CT molecular complexity index is 1350. The van der Waals surface area contributed by atoms with Crippen molar-refractivity contribution in [3.05, 3.63) is 94.5 Å². The number of carbonyl (C=O) groups is 2. The zero-order chi connectivity index (χ0) is 22.7. The summed E-state index contributed by atoms with van der Waals surface area (Å²) in [5, 5.41) is 6.57. The van der Waals surface area contributed by atoms with E-state index >= 15 is 0 Å². The van der Waals surface area contributed by atoms with Crippen molar-refractivity contribution in [2.75, 3.05) is 10.6 Å². The molecule has 0 aliphatic heterocycles. The maximum atomic E-state index is 13.6. The number of fused-ring (bicyclic) bond motifs is 1. The van der Waals surface area contributed by atoms with Crippen molar-refractivity contribution >= 4 is 45.8 Å². The molecule has 0 atom stereocenters. The fraction of sp³-hybridized carbons (Fsp3) is 0.0435. The van der Waals surface area contributed by atoms with Crippen LogP contribution in [-0.2, 0) is 6.54 Å². The monoisotopic (exact) mass is 449 g/mol. The molecule has 4 aromatic rings. The van der Waals surface area contributed by atoms with Crippen LogP contribution in [0.5, 0.6) is 0 Å². The number of para-hydroxylation sites is 1. The Labute approximate surface area is 187 Å². The molecule has 9 heteroatoms. The van der Waals surface area contributed by atoms with Crippen LogP contribution in [0.15, 0.2) is 67.0 Å². The predicted molar refractivity (Wildman–Crippen MR) is 121 cm³/mol. The van der Waals surface area contributed by atoms with E-state index in [1.54, 1.807) is 36.4 Å². The molecule has 4 N–H and O–H groups in total. The van der Waals surface area contributed by atoms with Crippen molar-refractivity contribution in [2.24, 2.45) is 5.73 Å². The van der Waals surface area contributed by atoms with Crippen LogP contribution in [0.25, 0.3) is 10.9 Å². The average molecular weight is 450 g/mol. The number of nitrogens with two attached hydrogens (primary N) is 1. The van der Waals surface area contributed by atoms with E-state index in [9.17, 15) is 14.0 Å². The number of rotatable bonds is 6. The third-order valence-corrected chi connectivity index (χ3v) is 5.06. The van der Waals surface area contributed by atoms with Gasteiger partial charge in [0.2, 0.25) is 0 Å². The van der Waals surface area contributed by atoms with Crippen molar-refractivity contribution in [2.45, 2.75) is 6.54 Å². The van der Waals surface area contributed by atoms with Crippen LogP contribution in [0.2, 0.25) is 5.02 Å². The highest BCUT2D eigenvalue weighted by molar-refractivity contribution is 6.30. The van der Waals surface area contributed by atoms with E-state index < -0.39 is 17.6 Å². The summed E-state index contributed by atoms with van der Waals surface area (Å²) in [6, 6.07) is 16.2. The molecule has 7 nitrogen and oxygen atoms in total. The van der Waals surface area contributed by atoms with Gasteiger partial charge in [0.25, 0.3) is 11.8 Å². The SMILES string of the molecule is NC(=O)c1cccc2c(NCc3cccc(NC(=O)c4ccc(Cl)c(F)c4)c3)ncnc12. The van der Waals surface area contributed by atoms with Gasteiger partial charge < -0.3 is 16.4 Å². The van der Waals surface area contributed by atoms with E-state index in [4.69, 9.17) is 17.3 Å². The quantitative estimate of drug-likeness (QED) is 0.404. The van der Waals surface area contributed by atoms with Crippen molar-refractivity contribution in [1.82, 2.24) is 9.97 Å². The molecule has 0 spiro atoms. The van der Waals surface area contributed by atoms with Crippen molar-refractivity contribution in [1.29, 1.82) is 0 Å². The van der Waals surface area contributed by atoms with E-state index in [0.717, 1.165) is 11.6 Å². The first-order chi connectivity index (χ1) is 15.4. The van der Waals surface area contributed by atoms with Crippen LogP contribution in [-0.4, -0.2) is 21.8 Å². The van der Waals surface area contributed by atoms with Gasteiger partial charge in [0.15, 0.2) is 0 Å². The molecular formula is C23H17ClFN5O2. The fourth-order valence-corrected chi connectivity index (χ4v) is 3.33. The zero-order valence-corrected chi connectivity index (χ0v) is 17.4. The smallest absolute Gasteiger partial charge is 0.255 e. The summed E-state index contributed by atoms with van der Waals surface area (Å²) in [5.41, 5.74) is 7.78. The fourth-order valence-electron chi connectivity index (χ4n) is 3.21. The topological polar surface area (TPSA) is 110 Å². The molecule has 160 valence electrons. The lowest BCUT2D eigenvalue weighted by molar-refractivity contribution is 0.0998. The van der Waals surface area contributed by atoms with E-state index in [2.05, 4.69) is 20.6 Å². The zero-order valence-electron chi connectivity index (χ0n) is 16.6. The minimum atomic E-state index is -0.658. The van der Waals surface area contributed by atoms with Crippen LogP contribution in [0, 0.1) is 5.82 Å². The number of carbonyl (C=O) groups excluding carboxylic acids is 2. The summed E-state index contributed by atoms with van der Waals surface area (Å²) in [6.07, 6.45) is 1.36. The van der Waals surface area contributed by atoms with Gasteiger partial charge in [-0.05, 0) is 48.0 Å². The molecule has 32 heavy (non-hydrogen) atoms. The van der Waals surface area contributed by atoms with Gasteiger partial charge in [-0.2, -0.15) is 0 Å². The molecule has 0 radical (unpaired) electrons. The van der Waals surface area contributed by atoms with Gasteiger partial charge in [-0.25, -0.2) is 14.4 Å². The lowest BCUT2D eigenvalue weighted by Gasteiger charge is -2.11.